The Morgan fingerprint density at radius 1 is 0.872 bits per heavy atom. The molecule has 0 fully saturated rings. The molecule has 0 aliphatic heterocycles. The molecule has 1 atom stereocenters. The Morgan fingerprint density at radius 3 is 2.26 bits per heavy atom. The summed E-state index contributed by atoms with van der Waals surface area (Å²) in [5.74, 6) is 0.234. The Kier molecular flexibility index (Phi) is 11.8. The fourth-order valence-corrected chi connectivity index (χ4v) is 6.65. The number of aromatic nitrogens is 2. The fourth-order valence-electron chi connectivity index (χ4n) is 4.36. The second-order valence-corrected chi connectivity index (χ2v) is 13.0. The highest BCUT2D eigenvalue weighted by molar-refractivity contribution is 8.00. The number of thioether (sulfide) groups is 2. The monoisotopic (exact) mass is 681 g/mol. The van der Waals surface area contributed by atoms with Crippen LogP contribution in [0.5, 0.6) is 5.75 Å². The first-order chi connectivity index (χ1) is 22.9. The van der Waals surface area contributed by atoms with Crippen LogP contribution in [0.2, 0.25) is 0 Å². The molecule has 0 saturated heterocycles. The third-order valence-corrected chi connectivity index (χ3v) is 9.33. The topological polar surface area (TPSA) is 122 Å². The summed E-state index contributed by atoms with van der Waals surface area (Å²) in [5.41, 5.74) is 2.42. The molecule has 238 valence electrons. The van der Waals surface area contributed by atoms with Crippen molar-refractivity contribution in [3.63, 3.8) is 0 Å². The highest BCUT2D eigenvalue weighted by Gasteiger charge is 2.24. The third-order valence-electron chi connectivity index (χ3n) is 6.59. The van der Waals surface area contributed by atoms with E-state index in [1.54, 1.807) is 61.7 Å². The summed E-state index contributed by atoms with van der Waals surface area (Å²) in [6.07, 6.45) is 1.57. The summed E-state index contributed by atoms with van der Waals surface area (Å²) >= 11 is 4.04. The van der Waals surface area contributed by atoms with Gasteiger partial charge < -0.3 is 15.4 Å². The quantitative estimate of drug-likeness (QED) is 0.0861. The summed E-state index contributed by atoms with van der Waals surface area (Å²) in [5, 5.41) is 9.04. The number of benzene rings is 4. The molecular formula is C35H31N5O4S3. The second kappa shape index (κ2) is 16.6. The molecule has 47 heavy (non-hydrogen) atoms. The van der Waals surface area contributed by atoms with Crippen LogP contribution in [0.15, 0.2) is 125 Å². The van der Waals surface area contributed by atoms with Gasteiger partial charge in [0, 0.05) is 33.2 Å². The molecule has 5 aromatic rings. The number of hydrogen-bond donors (Lipinski definition) is 3. The van der Waals surface area contributed by atoms with E-state index >= 15 is 0 Å². The van der Waals surface area contributed by atoms with Crippen LogP contribution < -0.4 is 20.7 Å². The van der Waals surface area contributed by atoms with Crippen molar-refractivity contribution < 1.29 is 19.1 Å². The molecule has 0 saturated carbocycles. The SMILES string of the molecule is CCSc1nsc(NC(=O)C(Sc2ccc(NC(=O)/C(=C/c3ccccc3OC)NC(=O)c3ccccc3)cc2)c2ccccc2)n1. The molecule has 12 heteroatoms. The van der Waals surface area contributed by atoms with E-state index in [4.69, 9.17) is 4.74 Å². The molecule has 0 radical (unpaired) electrons. The van der Waals surface area contributed by atoms with E-state index in [9.17, 15) is 14.4 Å². The average Bonchev–Trinajstić information content (AvgIpc) is 3.55. The molecule has 1 aromatic heterocycles. The Balaban J connectivity index is 1.33. The van der Waals surface area contributed by atoms with E-state index < -0.39 is 17.1 Å². The first-order valence-corrected chi connectivity index (χ1v) is 17.2. The van der Waals surface area contributed by atoms with Gasteiger partial charge in [-0.25, -0.2) is 0 Å². The lowest BCUT2D eigenvalue weighted by Gasteiger charge is -2.16. The minimum Gasteiger partial charge on any atom is -0.496 e. The van der Waals surface area contributed by atoms with Gasteiger partial charge in [0.05, 0.1) is 7.11 Å². The maximum Gasteiger partial charge on any atom is 0.272 e. The van der Waals surface area contributed by atoms with Crippen molar-refractivity contribution in [3.05, 3.63) is 132 Å². The lowest BCUT2D eigenvalue weighted by molar-refractivity contribution is -0.116. The van der Waals surface area contributed by atoms with Gasteiger partial charge in [0.2, 0.25) is 16.2 Å². The molecule has 3 amide bonds. The maximum atomic E-state index is 13.5. The minimum absolute atomic E-state index is 0.0415. The fraction of sp³-hybridized carbons (Fsp3) is 0.114. The third kappa shape index (κ3) is 9.32. The van der Waals surface area contributed by atoms with Crippen LogP contribution in [0.4, 0.5) is 10.8 Å². The van der Waals surface area contributed by atoms with E-state index in [1.807, 2.05) is 67.6 Å². The van der Waals surface area contributed by atoms with Crippen molar-refractivity contribution >= 4 is 69.7 Å². The van der Waals surface area contributed by atoms with Crippen molar-refractivity contribution in [2.45, 2.75) is 22.2 Å². The molecule has 0 spiro atoms. The first kappa shape index (κ1) is 33.5. The standard InChI is InChI=1S/C35H31N5O4S3/c1-3-45-35-39-34(47-40-35)38-33(43)30(23-12-6-4-7-13-23)46-27-20-18-26(19-21-27)36-32(42)28(22-25-16-10-11-17-29(25)44-2)37-31(41)24-14-8-5-9-15-24/h4-22,30H,3H2,1-2H3,(H,36,42)(H,37,41)(H,38,39,40,43)/b28-22-. The molecule has 0 bridgehead atoms. The number of para-hydroxylation sites is 1. The van der Waals surface area contributed by atoms with Crippen LogP contribution in [-0.2, 0) is 9.59 Å². The van der Waals surface area contributed by atoms with Crippen molar-refractivity contribution in [1.82, 2.24) is 14.7 Å². The second-order valence-electron chi connectivity index (χ2n) is 9.81. The zero-order valence-electron chi connectivity index (χ0n) is 25.5. The molecule has 4 aromatic carbocycles. The molecule has 1 heterocycles. The van der Waals surface area contributed by atoms with E-state index in [-0.39, 0.29) is 11.6 Å². The van der Waals surface area contributed by atoms with Crippen molar-refractivity contribution in [2.75, 3.05) is 23.5 Å². The first-order valence-electron chi connectivity index (χ1n) is 14.5. The smallest absolute Gasteiger partial charge is 0.272 e. The Hall–Kier alpha value is -4.91. The molecule has 9 nitrogen and oxygen atoms in total. The maximum absolute atomic E-state index is 13.5. The molecular weight excluding hydrogens is 651 g/mol. The number of methoxy groups -OCH3 is 1. The zero-order valence-corrected chi connectivity index (χ0v) is 28.0. The van der Waals surface area contributed by atoms with E-state index in [0.29, 0.717) is 32.9 Å². The van der Waals surface area contributed by atoms with E-state index in [1.165, 1.54) is 23.5 Å². The highest BCUT2D eigenvalue weighted by Crippen LogP contribution is 2.37. The number of amides is 3. The van der Waals surface area contributed by atoms with E-state index in [2.05, 4.69) is 25.3 Å². The van der Waals surface area contributed by atoms with Crippen LogP contribution in [0.1, 0.15) is 33.7 Å². The van der Waals surface area contributed by atoms with Crippen molar-refractivity contribution in [3.8, 4) is 5.75 Å². The Bertz CT molecular complexity index is 1850. The largest absolute Gasteiger partial charge is 0.496 e. The molecule has 5 rings (SSSR count). The number of nitrogens with one attached hydrogen (secondary N) is 3. The van der Waals surface area contributed by atoms with Gasteiger partial charge in [-0.2, -0.15) is 9.36 Å². The number of anilines is 2. The number of carbonyl (C=O) groups is 3. The van der Waals surface area contributed by atoms with Crippen LogP contribution >= 0.6 is 35.1 Å². The van der Waals surface area contributed by atoms with Crippen LogP contribution in [0.3, 0.4) is 0 Å². The van der Waals surface area contributed by atoms with Gasteiger partial charge in [-0.15, -0.1) is 11.8 Å². The van der Waals surface area contributed by atoms with Crippen molar-refractivity contribution in [1.29, 1.82) is 0 Å². The van der Waals surface area contributed by atoms with Gasteiger partial charge >= 0.3 is 0 Å². The van der Waals surface area contributed by atoms with Gasteiger partial charge in [0.1, 0.15) is 16.7 Å². The number of hydrogen-bond acceptors (Lipinski definition) is 9. The number of carbonyl (C=O) groups excluding carboxylic acids is 3. The molecule has 3 N–H and O–H groups in total. The summed E-state index contributed by atoms with van der Waals surface area (Å²) in [7, 11) is 1.54. The zero-order chi connectivity index (χ0) is 33.0. The molecule has 0 aliphatic rings. The summed E-state index contributed by atoms with van der Waals surface area (Å²) in [4.78, 5) is 45.2. The van der Waals surface area contributed by atoms with Crippen LogP contribution in [0, 0.1) is 0 Å². The predicted octanol–water partition coefficient (Wildman–Crippen LogP) is 7.54. The normalized spacial score (nSPS) is 11.7. The summed E-state index contributed by atoms with van der Waals surface area (Å²) < 4.78 is 9.73. The number of nitrogens with zero attached hydrogens (tertiary/aromatic N) is 2. The highest BCUT2D eigenvalue weighted by atomic mass is 32.2. The average molecular weight is 682 g/mol. The van der Waals surface area contributed by atoms with E-state index in [0.717, 1.165) is 27.7 Å². The Morgan fingerprint density at radius 2 is 1.55 bits per heavy atom. The summed E-state index contributed by atoms with van der Waals surface area (Å²) in [6, 6.07) is 32.5. The van der Waals surface area contributed by atoms with Crippen LogP contribution in [-0.4, -0.2) is 39.9 Å². The van der Waals surface area contributed by atoms with Gasteiger partial charge in [-0.1, -0.05) is 85.4 Å². The number of rotatable bonds is 13. The Labute approximate surface area is 285 Å². The lowest BCUT2D eigenvalue weighted by Crippen LogP contribution is -2.30. The van der Waals surface area contributed by atoms with Gasteiger partial charge in [0.25, 0.3) is 11.8 Å². The van der Waals surface area contributed by atoms with Gasteiger partial charge in [-0.3, -0.25) is 19.7 Å². The van der Waals surface area contributed by atoms with Crippen LogP contribution in [0.25, 0.3) is 6.08 Å². The van der Waals surface area contributed by atoms with Crippen molar-refractivity contribution in [2.24, 2.45) is 0 Å². The summed E-state index contributed by atoms with van der Waals surface area (Å²) in [6.45, 7) is 2.02. The molecule has 0 aliphatic carbocycles. The number of ether oxygens (including phenoxy) is 1. The molecule has 1 unspecified atom stereocenters. The lowest BCUT2D eigenvalue weighted by atomic mass is 10.1. The van der Waals surface area contributed by atoms with Gasteiger partial charge in [-0.05, 0) is 59.9 Å². The van der Waals surface area contributed by atoms with Gasteiger partial charge in [0.15, 0.2) is 0 Å². The predicted molar refractivity (Wildman–Crippen MR) is 190 cm³/mol. The minimum atomic E-state index is -0.564.